The molecule has 6 nitrogen and oxygen atoms in total. The molecule has 0 radical (unpaired) electrons. The Morgan fingerprint density at radius 3 is 2.52 bits per heavy atom. The molecule has 152 valence electrons. The Labute approximate surface area is 170 Å². The van der Waals surface area contributed by atoms with E-state index in [1.165, 1.54) is 5.56 Å². The SMILES string of the molecule is COc1ccc(C(C)NC(=O)c2noc(C)c2COc2ccc(C)cc2C)cc1. The molecular weight excluding hydrogens is 368 g/mol. The summed E-state index contributed by atoms with van der Waals surface area (Å²) in [6.07, 6.45) is 0. The molecular formula is C23H26N2O4. The van der Waals surface area contributed by atoms with Crippen molar-refractivity contribution in [1.82, 2.24) is 10.5 Å². The minimum atomic E-state index is -0.301. The highest BCUT2D eigenvalue weighted by atomic mass is 16.5. The molecule has 0 aliphatic carbocycles. The second-order valence-electron chi connectivity index (χ2n) is 7.09. The van der Waals surface area contributed by atoms with Crippen LogP contribution >= 0.6 is 0 Å². The van der Waals surface area contributed by atoms with Gasteiger partial charge in [0.15, 0.2) is 5.69 Å². The van der Waals surface area contributed by atoms with Crippen molar-refractivity contribution < 1.29 is 18.8 Å². The Morgan fingerprint density at radius 1 is 1.14 bits per heavy atom. The van der Waals surface area contributed by atoms with E-state index < -0.39 is 0 Å². The molecule has 0 aliphatic rings. The van der Waals surface area contributed by atoms with E-state index in [4.69, 9.17) is 14.0 Å². The number of amides is 1. The number of hydrogen-bond donors (Lipinski definition) is 1. The lowest BCUT2D eigenvalue weighted by atomic mass is 10.1. The van der Waals surface area contributed by atoms with E-state index in [-0.39, 0.29) is 24.2 Å². The molecule has 1 N–H and O–H groups in total. The van der Waals surface area contributed by atoms with Gasteiger partial charge in [0.25, 0.3) is 5.91 Å². The highest BCUT2D eigenvalue weighted by Crippen LogP contribution is 2.23. The number of methoxy groups -OCH3 is 1. The number of carbonyl (C=O) groups is 1. The molecule has 29 heavy (non-hydrogen) atoms. The maximum Gasteiger partial charge on any atom is 0.274 e. The molecule has 2 aromatic carbocycles. The summed E-state index contributed by atoms with van der Waals surface area (Å²) in [6, 6.07) is 13.3. The van der Waals surface area contributed by atoms with Crippen LogP contribution in [0.1, 0.15) is 51.5 Å². The summed E-state index contributed by atoms with van der Waals surface area (Å²) in [7, 11) is 1.62. The lowest BCUT2D eigenvalue weighted by Crippen LogP contribution is -2.28. The normalized spacial score (nSPS) is 11.8. The Hall–Kier alpha value is -3.28. The number of nitrogens with one attached hydrogen (secondary N) is 1. The third kappa shape index (κ3) is 4.77. The summed E-state index contributed by atoms with van der Waals surface area (Å²) in [5, 5.41) is 6.91. The molecule has 0 spiro atoms. The fraction of sp³-hybridized carbons (Fsp3) is 0.304. The number of hydrogen-bond acceptors (Lipinski definition) is 5. The first-order chi connectivity index (χ1) is 13.9. The average Bonchev–Trinajstić information content (AvgIpc) is 3.08. The van der Waals surface area contributed by atoms with Gasteiger partial charge in [0.2, 0.25) is 0 Å². The maximum atomic E-state index is 12.8. The summed E-state index contributed by atoms with van der Waals surface area (Å²) in [6.45, 7) is 7.93. The van der Waals surface area contributed by atoms with Gasteiger partial charge >= 0.3 is 0 Å². The van der Waals surface area contributed by atoms with Crippen molar-refractivity contribution in [2.75, 3.05) is 7.11 Å². The van der Waals surface area contributed by atoms with Crippen molar-refractivity contribution in [1.29, 1.82) is 0 Å². The zero-order chi connectivity index (χ0) is 21.0. The van der Waals surface area contributed by atoms with Gasteiger partial charge in [-0.1, -0.05) is 35.0 Å². The second-order valence-corrected chi connectivity index (χ2v) is 7.09. The quantitative estimate of drug-likeness (QED) is 0.630. The van der Waals surface area contributed by atoms with Crippen LogP contribution in [0.3, 0.4) is 0 Å². The topological polar surface area (TPSA) is 73.6 Å². The molecule has 1 amide bonds. The van der Waals surface area contributed by atoms with Crippen LogP contribution in [0.25, 0.3) is 0 Å². The van der Waals surface area contributed by atoms with E-state index in [1.54, 1.807) is 14.0 Å². The molecule has 0 fully saturated rings. The predicted octanol–water partition coefficient (Wildman–Crippen LogP) is 4.68. The van der Waals surface area contributed by atoms with Crippen molar-refractivity contribution >= 4 is 5.91 Å². The summed E-state index contributed by atoms with van der Waals surface area (Å²) in [4.78, 5) is 12.8. The number of rotatable bonds is 7. The maximum absolute atomic E-state index is 12.8. The zero-order valence-corrected chi connectivity index (χ0v) is 17.4. The van der Waals surface area contributed by atoms with E-state index in [0.717, 1.165) is 22.6 Å². The van der Waals surface area contributed by atoms with Gasteiger partial charge in [-0.2, -0.15) is 0 Å². The van der Waals surface area contributed by atoms with Gasteiger partial charge in [-0.05, 0) is 57.0 Å². The molecule has 1 unspecified atom stereocenters. The first kappa shape index (κ1) is 20.5. The molecule has 0 aliphatic heterocycles. The number of aryl methyl sites for hydroxylation is 3. The van der Waals surface area contributed by atoms with Crippen LogP contribution in [0.15, 0.2) is 47.0 Å². The van der Waals surface area contributed by atoms with Crippen molar-refractivity contribution in [2.45, 2.75) is 40.3 Å². The fourth-order valence-corrected chi connectivity index (χ4v) is 3.09. The Balaban J connectivity index is 1.71. The molecule has 1 heterocycles. The minimum absolute atomic E-state index is 0.196. The van der Waals surface area contributed by atoms with E-state index in [1.807, 2.05) is 57.2 Å². The molecule has 3 rings (SSSR count). The number of ether oxygens (including phenoxy) is 2. The number of nitrogens with zero attached hydrogens (tertiary/aromatic N) is 1. The molecule has 0 saturated heterocycles. The molecule has 1 aromatic heterocycles. The minimum Gasteiger partial charge on any atom is -0.497 e. The van der Waals surface area contributed by atoms with Gasteiger partial charge < -0.3 is 19.3 Å². The Bertz CT molecular complexity index is 993. The molecule has 0 bridgehead atoms. The summed E-state index contributed by atoms with van der Waals surface area (Å²) in [5.41, 5.74) is 4.06. The smallest absolute Gasteiger partial charge is 0.274 e. The van der Waals surface area contributed by atoms with E-state index in [0.29, 0.717) is 11.3 Å². The van der Waals surface area contributed by atoms with Crippen molar-refractivity contribution in [3.63, 3.8) is 0 Å². The third-order valence-corrected chi connectivity index (χ3v) is 4.87. The van der Waals surface area contributed by atoms with Crippen LogP contribution in [0, 0.1) is 20.8 Å². The van der Waals surface area contributed by atoms with Crippen LogP contribution in [0.2, 0.25) is 0 Å². The largest absolute Gasteiger partial charge is 0.497 e. The van der Waals surface area contributed by atoms with Crippen LogP contribution in [0.4, 0.5) is 0 Å². The van der Waals surface area contributed by atoms with Gasteiger partial charge in [0.1, 0.15) is 23.9 Å². The van der Waals surface area contributed by atoms with Gasteiger partial charge in [-0.15, -0.1) is 0 Å². The highest BCUT2D eigenvalue weighted by molar-refractivity contribution is 5.94. The van der Waals surface area contributed by atoms with Crippen molar-refractivity contribution in [3.05, 3.63) is 76.2 Å². The van der Waals surface area contributed by atoms with Crippen LogP contribution in [-0.2, 0) is 6.61 Å². The first-order valence-electron chi connectivity index (χ1n) is 9.49. The molecule has 3 aromatic rings. The summed E-state index contributed by atoms with van der Waals surface area (Å²) < 4.78 is 16.4. The average molecular weight is 394 g/mol. The molecule has 6 heteroatoms. The van der Waals surface area contributed by atoms with Crippen molar-refractivity contribution in [3.8, 4) is 11.5 Å². The first-order valence-corrected chi connectivity index (χ1v) is 9.49. The number of aromatic nitrogens is 1. The third-order valence-electron chi connectivity index (χ3n) is 4.87. The summed E-state index contributed by atoms with van der Waals surface area (Å²) >= 11 is 0. The predicted molar refractivity (Wildman–Crippen MR) is 110 cm³/mol. The van der Waals surface area contributed by atoms with Crippen LogP contribution < -0.4 is 14.8 Å². The monoisotopic (exact) mass is 394 g/mol. The van der Waals surface area contributed by atoms with Crippen molar-refractivity contribution in [2.24, 2.45) is 0 Å². The van der Waals surface area contributed by atoms with Crippen LogP contribution in [-0.4, -0.2) is 18.2 Å². The lowest BCUT2D eigenvalue weighted by molar-refractivity contribution is 0.0928. The zero-order valence-electron chi connectivity index (χ0n) is 17.4. The van der Waals surface area contributed by atoms with Gasteiger partial charge in [-0.3, -0.25) is 4.79 Å². The Morgan fingerprint density at radius 2 is 1.86 bits per heavy atom. The van der Waals surface area contributed by atoms with Gasteiger partial charge in [0.05, 0.1) is 18.7 Å². The Kier molecular flexibility index (Phi) is 6.22. The number of carbonyl (C=O) groups excluding carboxylic acids is 1. The number of benzene rings is 2. The summed E-state index contributed by atoms with van der Waals surface area (Å²) in [5.74, 6) is 1.81. The van der Waals surface area contributed by atoms with Gasteiger partial charge in [-0.25, -0.2) is 0 Å². The molecule has 1 atom stereocenters. The van der Waals surface area contributed by atoms with E-state index in [2.05, 4.69) is 16.5 Å². The highest BCUT2D eigenvalue weighted by Gasteiger charge is 2.22. The molecule has 0 saturated carbocycles. The van der Waals surface area contributed by atoms with E-state index >= 15 is 0 Å². The fourth-order valence-electron chi connectivity index (χ4n) is 3.09. The van der Waals surface area contributed by atoms with Crippen LogP contribution in [0.5, 0.6) is 11.5 Å². The van der Waals surface area contributed by atoms with E-state index in [9.17, 15) is 4.79 Å². The lowest BCUT2D eigenvalue weighted by Gasteiger charge is -2.15. The standard InChI is InChI=1S/C23H26N2O4/c1-14-6-11-21(15(2)12-14)28-13-20-17(4)29-25-22(20)23(26)24-16(3)18-7-9-19(27-5)10-8-18/h6-12,16H,13H2,1-5H3,(H,24,26). The second kappa shape index (κ2) is 8.82. The van der Waals surface area contributed by atoms with Gasteiger partial charge in [0, 0.05) is 0 Å².